The van der Waals surface area contributed by atoms with E-state index in [4.69, 9.17) is 10.00 Å². The number of para-hydroxylation sites is 1. The molecule has 1 aromatic rings. The van der Waals surface area contributed by atoms with Crippen molar-refractivity contribution in [3.05, 3.63) is 29.8 Å². The minimum absolute atomic E-state index is 0.0398. The van der Waals surface area contributed by atoms with E-state index in [1.165, 1.54) is 0 Å². The zero-order chi connectivity index (χ0) is 13.5. The fraction of sp³-hybridized carbons (Fsp3) is 0.429. The maximum atomic E-state index is 11.8. The van der Waals surface area contributed by atoms with Crippen molar-refractivity contribution in [2.45, 2.75) is 13.8 Å². The Morgan fingerprint density at radius 3 is 2.72 bits per heavy atom. The summed E-state index contributed by atoms with van der Waals surface area (Å²) in [6.45, 7) is 4.76. The van der Waals surface area contributed by atoms with Gasteiger partial charge in [-0.2, -0.15) is 5.26 Å². The molecule has 0 aromatic heterocycles. The van der Waals surface area contributed by atoms with E-state index in [0.29, 0.717) is 23.8 Å². The summed E-state index contributed by atoms with van der Waals surface area (Å²) >= 11 is 0. The molecular weight excluding hydrogens is 228 g/mol. The molecule has 0 saturated carbocycles. The van der Waals surface area contributed by atoms with E-state index in [2.05, 4.69) is 13.8 Å². The molecule has 1 amide bonds. The lowest BCUT2D eigenvalue weighted by Crippen LogP contribution is -2.34. The smallest absolute Gasteiger partial charge is 0.260 e. The van der Waals surface area contributed by atoms with Crippen molar-refractivity contribution in [1.82, 2.24) is 4.90 Å². The molecule has 0 fully saturated rings. The molecule has 4 heteroatoms. The molecule has 0 aliphatic rings. The maximum absolute atomic E-state index is 11.8. The van der Waals surface area contributed by atoms with Crippen LogP contribution in [0.5, 0.6) is 5.75 Å². The second-order valence-corrected chi connectivity index (χ2v) is 4.56. The van der Waals surface area contributed by atoms with Crippen LogP contribution in [0.3, 0.4) is 0 Å². The third-order valence-electron chi connectivity index (χ3n) is 2.42. The summed E-state index contributed by atoms with van der Waals surface area (Å²) in [5, 5.41) is 8.89. The van der Waals surface area contributed by atoms with Gasteiger partial charge in [-0.05, 0) is 18.1 Å². The van der Waals surface area contributed by atoms with E-state index in [1.807, 2.05) is 6.07 Å². The number of carbonyl (C=O) groups excluding carboxylic acids is 1. The third kappa shape index (κ3) is 4.10. The van der Waals surface area contributed by atoms with Gasteiger partial charge in [-0.15, -0.1) is 0 Å². The van der Waals surface area contributed by atoms with Gasteiger partial charge in [-0.3, -0.25) is 4.79 Å². The molecule has 0 spiro atoms. The van der Waals surface area contributed by atoms with Crippen LogP contribution in [-0.2, 0) is 4.79 Å². The fourth-order valence-corrected chi connectivity index (χ4v) is 1.58. The standard InChI is InChI=1S/C14H18N2O2/c1-11(2)9-16(3)14(17)10-18-13-7-5-4-6-12(13)8-15/h4-7,11H,9-10H2,1-3H3. The summed E-state index contributed by atoms with van der Waals surface area (Å²) in [4.78, 5) is 13.4. The molecule has 0 atom stereocenters. The summed E-state index contributed by atoms with van der Waals surface area (Å²) in [5.74, 6) is 0.785. The van der Waals surface area contributed by atoms with Crippen LogP contribution in [0.15, 0.2) is 24.3 Å². The van der Waals surface area contributed by atoms with Gasteiger partial charge in [0.2, 0.25) is 0 Å². The maximum Gasteiger partial charge on any atom is 0.260 e. The lowest BCUT2D eigenvalue weighted by molar-refractivity contribution is -0.132. The van der Waals surface area contributed by atoms with E-state index in [0.717, 1.165) is 0 Å². The van der Waals surface area contributed by atoms with Gasteiger partial charge >= 0.3 is 0 Å². The van der Waals surface area contributed by atoms with Crippen LogP contribution in [0.4, 0.5) is 0 Å². The average Bonchev–Trinajstić information content (AvgIpc) is 2.35. The Labute approximate surface area is 108 Å². The molecule has 1 aromatic carbocycles. The molecule has 0 saturated heterocycles. The first-order valence-electron chi connectivity index (χ1n) is 5.90. The highest BCUT2D eigenvalue weighted by molar-refractivity contribution is 5.77. The lowest BCUT2D eigenvalue weighted by Gasteiger charge is -2.19. The second-order valence-electron chi connectivity index (χ2n) is 4.56. The normalized spacial score (nSPS) is 9.94. The highest BCUT2D eigenvalue weighted by Gasteiger charge is 2.11. The van der Waals surface area contributed by atoms with Gasteiger partial charge in [0.05, 0.1) is 5.56 Å². The molecule has 0 N–H and O–H groups in total. The van der Waals surface area contributed by atoms with Gasteiger partial charge in [-0.25, -0.2) is 0 Å². The number of rotatable bonds is 5. The summed E-state index contributed by atoms with van der Waals surface area (Å²) in [7, 11) is 1.75. The Morgan fingerprint density at radius 1 is 1.44 bits per heavy atom. The van der Waals surface area contributed by atoms with Gasteiger partial charge in [-0.1, -0.05) is 26.0 Å². The Kier molecular flexibility index (Phi) is 5.19. The SMILES string of the molecule is CC(C)CN(C)C(=O)COc1ccccc1C#N. The number of carbonyl (C=O) groups is 1. The van der Waals surface area contributed by atoms with Crippen molar-refractivity contribution in [1.29, 1.82) is 5.26 Å². The molecule has 0 aliphatic heterocycles. The van der Waals surface area contributed by atoms with Crippen molar-refractivity contribution in [2.75, 3.05) is 20.2 Å². The number of nitriles is 1. The predicted octanol–water partition coefficient (Wildman–Crippen LogP) is 2.05. The summed E-state index contributed by atoms with van der Waals surface area (Å²) in [6, 6.07) is 8.92. The van der Waals surface area contributed by atoms with Gasteiger partial charge in [0.1, 0.15) is 11.8 Å². The van der Waals surface area contributed by atoms with Gasteiger partial charge in [0, 0.05) is 13.6 Å². The number of ether oxygens (including phenoxy) is 1. The number of hydrogen-bond acceptors (Lipinski definition) is 3. The zero-order valence-corrected chi connectivity index (χ0v) is 11.0. The first kappa shape index (κ1) is 14.0. The Balaban J connectivity index is 2.55. The molecule has 0 unspecified atom stereocenters. The minimum Gasteiger partial charge on any atom is -0.482 e. The first-order valence-corrected chi connectivity index (χ1v) is 5.90. The average molecular weight is 246 g/mol. The lowest BCUT2D eigenvalue weighted by atomic mass is 10.2. The predicted molar refractivity (Wildman–Crippen MR) is 69.1 cm³/mol. The van der Waals surface area contributed by atoms with Crippen LogP contribution in [-0.4, -0.2) is 31.0 Å². The Bertz CT molecular complexity index is 449. The third-order valence-corrected chi connectivity index (χ3v) is 2.42. The van der Waals surface area contributed by atoms with Crippen LogP contribution in [0.2, 0.25) is 0 Å². The molecule has 96 valence electrons. The van der Waals surface area contributed by atoms with Crippen molar-refractivity contribution in [3.8, 4) is 11.8 Å². The van der Waals surface area contributed by atoms with Crippen molar-refractivity contribution < 1.29 is 9.53 Å². The largest absolute Gasteiger partial charge is 0.482 e. The number of amides is 1. The van der Waals surface area contributed by atoms with Gasteiger partial charge in [0.15, 0.2) is 6.61 Å². The molecular formula is C14H18N2O2. The van der Waals surface area contributed by atoms with Gasteiger partial charge < -0.3 is 9.64 Å². The quantitative estimate of drug-likeness (QED) is 0.799. The topological polar surface area (TPSA) is 53.3 Å². The van der Waals surface area contributed by atoms with E-state index in [9.17, 15) is 4.79 Å². The first-order chi connectivity index (χ1) is 8.54. The minimum atomic E-state index is -0.0866. The van der Waals surface area contributed by atoms with Crippen LogP contribution < -0.4 is 4.74 Å². The highest BCUT2D eigenvalue weighted by Crippen LogP contribution is 2.16. The summed E-state index contributed by atoms with van der Waals surface area (Å²) < 4.78 is 5.38. The Morgan fingerprint density at radius 2 is 2.11 bits per heavy atom. The van der Waals surface area contributed by atoms with Gasteiger partial charge in [0.25, 0.3) is 5.91 Å². The monoisotopic (exact) mass is 246 g/mol. The zero-order valence-electron chi connectivity index (χ0n) is 11.0. The Hall–Kier alpha value is -2.02. The summed E-state index contributed by atoms with van der Waals surface area (Å²) in [5.41, 5.74) is 0.441. The molecule has 0 heterocycles. The summed E-state index contributed by atoms with van der Waals surface area (Å²) in [6.07, 6.45) is 0. The van der Waals surface area contributed by atoms with Crippen LogP contribution in [0.1, 0.15) is 19.4 Å². The van der Waals surface area contributed by atoms with E-state index in [1.54, 1.807) is 36.2 Å². The molecule has 18 heavy (non-hydrogen) atoms. The van der Waals surface area contributed by atoms with Crippen LogP contribution in [0, 0.1) is 17.2 Å². The van der Waals surface area contributed by atoms with Crippen LogP contribution >= 0.6 is 0 Å². The highest BCUT2D eigenvalue weighted by atomic mass is 16.5. The molecule has 0 bridgehead atoms. The van der Waals surface area contributed by atoms with E-state index < -0.39 is 0 Å². The fourth-order valence-electron chi connectivity index (χ4n) is 1.58. The van der Waals surface area contributed by atoms with Crippen molar-refractivity contribution >= 4 is 5.91 Å². The molecule has 0 aliphatic carbocycles. The second kappa shape index (κ2) is 6.65. The molecule has 1 rings (SSSR count). The van der Waals surface area contributed by atoms with Crippen molar-refractivity contribution in [3.63, 3.8) is 0 Å². The number of hydrogen-bond donors (Lipinski definition) is 0. The molecule has 4 nitrogen and oxygen atoms in total. The van der Waals surface area contributed by atoms with Crippen LogP contribution in [0.25, 0.3) is 0 Å². The number of benzene rings is 1. The molecule has 0 radical (unpaired) electrons. The van der Waals surface area contributed by atoms with Crippen molar-refractivity contribution in [2.24, 2.45) is 5.92 Å². The number of likely N-dealkylation sites (N-methyl/N-ethyl adjacent to an activating group) is 1. The van der Waals surface area contributed by atoms with E-state index >= 15 is 0 Å². The van der Waals surface area contributed by atoms with E-state index in [-0.39, 0.29) is 12.5 Å². The number of nitrogens with zero attached hydrogens (tertiary/aromatic N) is 2.